The smallest absolute Gasteiger partial charge is 0.323 e. The molecule has 5 N–H and O–H groups in total. The first-order valence-electron chi connectivity index (χ1n) is 6.34. The van der Waals surface area contributed by atoms with E-state index in [1.807, 2.05) is 20.8 Å². The van der Waals surface area contributed by atoms with Crippen molar-refractivity contribution in [2.45, 2.75) is 33.3 Å². The molecule has 0 fully saturated rings. The van der Waals surface area contributed by atoms with Crippen molar-refractivity contribution in [3.63, 3.8) is 0 Å². The number of hydrazine groups is 1. The molecule has 1 unspecified atom stereocenters. The molecule has 108 valence electrons. The van der Waals surface area contributed by atoms with Gasteiger partial charge in [0.1, 0.15) is 0 Å². The van der Waals surface area contributed by atoms with E-state index in [0.29, 0.717) is 19.1 Å². The highest BCUT2D eigenvalue weighted by Crippen LogP contribution is 2.11. The van der Waals surface area contributed by atoms with Crippen molar-refractivity contribution in [1.82, 2.24) is 15.0 Å². The minimum Gasteiger partial charge on any atom is -0.463 e. The van der Waals surface area contributed by atoms with Crippen LogP contribution < -0.4 is 21.3 Å². The van der Waals surface area contributed by atoms with E-state index in [4.69, 9.17) is 10.6 Å². The first-order valence-corrected chi connectivity index (χ1v) is 6.34. The predicted molar refractivity (Wildman–Crippen MR) is 72.8 cm³/mol. The molecule has 1 rings (SSSR count). The van der Waals surface area contributed by atoms with Crippen LogP contribution in [0, 0.1) is 5.92 Å². The van der Waals surface area contributed by atoms with Crippen LogP contribution in [0.2, 0.25) is 0 Å². The number of anilines is 2. The zero-order valence-electron chi connectivity index (χ0n) is 11.6. The van der Waals surface area contributed by atoms with Crippen LogP contribution in [0.25, 0.3) is 0 Å². The molecule has 0 aliphatic rings. The Kier molecular flexibility index (Phi) is 6.23. The van der Waals surface area contributed by atoms with E-state index >= 15 is 0 Å². The van der Waals surface area contributed by atoms with Gasteiger partial charge in [0.15, 0.2) is 0 Å². The zero-order valence-corrected chi connectivity index (χ0v) is 11.6. The summed E-state index contributed by atoms with van der Waals surface area (Å²) in [5.74, 6) is 5.96. The van der Waals surface area contributed by atoms with Gasteiger partial charge in [-0.15, -0.1) is 0 Å². The lowest BCUT2D eigenvalue weighted by molar-refractivity contribution is 0.137. The van der Waals surface area contributed by atoms with Gasteiger partial charge in [-0.25, -0.2) is 5.84 Å². The lowest BCUT2D eigenvalue weighted by atomic mass is 10.1. The molecule has 1 atom stereocenters. The Morgan fingerprint density at radius 2 is 1.95 bits per heavy atom. The number of nitrogen functional groups attached to an aromatic ring is 1. The fourth-order valence-electron chi connectivity index (χ4n) is 1.19. The number of hydrogen-bond acceptors (Lipinski definition) is 8. The van der Waals surface area contributed by atoms with Crippen molar-refractivity contribution in [2.75, 3.05) is 23.9 Å². The molecular weight excluding hydrogens is 248 g/mol. The van der Waals surface area contributed by atoms with Crippen molar-refractivity contribution in [2.24, 2.45) is 11.8 Å². The fourth-order valence-corrected chi connectivity index (χ4v) is 1.19. The molecule has 0 spiro atoms. The monoisotopic (exact) mass is 270 g/mol. The summed E-state index contributed by atoms with van der Waals surface area (Å²) >= 11 is 0. The zero-order chi connectivity index (χ0) is 14.3. The van der Waals surface area contributed by atoms with Gasteiger partial charge in [0.2, 0.25) is 11.9 Å². The lowest BCUT2D eigenvalue weighted by Crippen LogP contribution is -2.26. The van der Waals surface area contributed by atoms with Crippen LogP contribution in [0.4, 0.5) is 11.9 Å². The quantitative estimate of drug-likeness (QED) is 0.395. The summed E-state index contributed by atoms with van der Waals surface area (Å²) in [7, 11) is 0. The number of aliphatic hydroxyl groups excluding tert-OH is 1. The summed E-state index contributed by atoms with van der Waals surface area (Å²) in [5.41, 5.74) is 2.35. The number of nitrogens with two attached hydrogens (primary N) is 1. The molecule has 0 aromatic carbocycles. The third-order valence-electron chi connectivity index (χ3n) is 2.42. The Hall–Kier alpha value is -1.67. The molecule has 8 nitrogen and oxygen atoms in total. The van der Waals surface area contributed by atoms with Crippen LogP contribution in [0.15, 0.2) is 0 Å². The van der Waals surface area contributed by atoms with E-state index in [1.165, 1.54) is 0 Å². The molecule has 0 radical (unpaired) electrons. The fraction of sp³-hybridized carbons (Fsp3) is 0.727. The van der Waals surface area contributed by atoms with Gasteiger partial charge in [-0.05, 0) is 12.3 Å². The van der Waals surface area contributed by atoms with Crippen LogP contribution in [0.1, 0.15) is 27.2 Å². The molecule has 0 bridgehead atoms. The normalized spacial score (nSPS) is 12.3. The average Bonchev–Trinajstić information content (AvgIpc) is 2.42. The number of aromatic nitrogens is 3. The van der Waals surface area contributed by atoms with Gasteiger partial charge in [0, 0.05) is 6.54 Å². The van der Waals surface area contributed by atoms with E-state index < -0.39 is 6.10 Å². The molecule has 19 heavy (non-hydrogen) atoms. The maximum Gasteiger partial charge on any atom is 0.323 e. The van der Waals surface area contributed by atoms with Crippen molar-refractivity contribution in [3.05, 3.63) is 0 Å². The van der Waals surface area contributed by atoms with Gasteiger partial charge in [0.05, 0.1) is 12.7 Å². The molecule has 0 saturated carbocycles. The van der Waals surface area contributed by atoms with Gasteiger partial charge in [-0.1, -0.05) is 20.8 Å². The topological polar surface area (TPSA) is 118 Å². The first kappa shape index (κ1) is 15.4. The standard InChI is InChI=1S/C11H22N6O2/c1-4-5-19-11-15-9(14-10(16-11)17-12)13-6-8(18)7(2)3/h7-8,18H,4-6,12H2,1-3H3,(H2,13,14,15,16,17). The van der Waals surface area contributed by atoms with E-state index in [-0.39, 0.29) is 17.9 Å². The van der Waals surface area contributed by atoms with Gasteiger partial charge in [-0.2, -0.15) is 15.0 Å². The molecule has 0 aliphatic heterocycles. The van der Waals surface area contributed by atoms with Crippen LogP contribution in [0.5, 0.6) is 6.01 Å². The Morgan fingerprint density at radius 1 is 1.26 bits per heavy atom. The molecule has 1 aromatic heterocycles. The maximum atomic E-state index is 9.72. The second-order valence-corrected chi connectivity index (χ2v) is 4.45. The molecule has 1 heterocycles. The molecule has 0 saturated heterocycles. The number of rotatable bonds is 8. The number of ether oxygens (including phenoxy) is 1. The van der Waals surface area contributed by atoms with Gasteiger partial charge in [0.25, 0.3) is 0 Å². The average molecular weight is 270 g/mol. The van der Waals surface area contributed by atoms with Crippen LogP contribution in [0.3, 0.4) is 0 Å². The number of nitrogens with zero attached hydrogens (tertiary/aromatic N) is 3. The largest absolute Gasteiger partial charge is 0.463 e. The van der Waals surface area contributed by atoms with Crippen LogP contribution >= 0.6 is 0 Å². The van der Waals surface area contributed by atoms with Crippen LogP contribution in [-0.4, -0.2) is 39.3 Å². The summed E-state index contributed by atoms with van der Waals surface area (Å²) in [4.78, 5) is 12.1. The molecule has 0 amide bonds. The SMILES string of the molecule is CCCOc1nc(NN)nc(NCC(O)C(C)C)n1. The van der Waals surface area contributed by atoms with E-state index in [9.17, 15) is 5.11 Å². The molecule has 8 heteroatoms. The Morgan fingerprint density at radius 3 is 2.53 bits per heavy atom. The highest BCUT2D eigenvalue weighted by molar-refractivity contribution is 5.34. The Bertz CT molecular complexity index is 387. The van der Waals surface area contributed by atoms with E-state index in [2.05, 4.69) is 25.7 Å². The van der Waals surface area contributed by atoms with Crippen molar-refractivity contribution >= 4 is 11.9 Å². The van der Waals surface area contributed by atoms with Crippen molar-refractivity contribution in [3.8, 4) is 6.01 Å². The first-order chi connectivity index (χ1) is 9.06. The van der Waals surface area contributed by atoms with E-state index in [1.54, 1.807) is 0 Å². The minimum atomic E-state index is -0.480. The molecule has 0 aliphatic carbocycles. The predicted octanol–water partition coefficient (Wildman–Crippen LogP) is 0.375. The maximum absolute atomic E-state index is 9.72. The highest BCUT2D eigenvalue weighted by atomic mass is 16.5. The highest BCUT2D eigenvalue weighted by Gasteiger charge is 2.11. The molecule has 1 aromatic rings. The summed E-state index contributed by atoms with van der Waals surface area (Å²) in [5, 5.41) is 12.6. The van der Waals surface area contributed by atoms with Crippen LogP contribution in [-0.2, 0) is 0 Å². The minimum absolute atomic E-state index is 0.150. The van der Waals surface area contributed by atoms with Gasteiger partial charge in [-0.3, -0.25) is 5.43 Å². The third kappa shape index (κ3) is 5.23. The third-order valence-corrected chi connectivity index (χ3v) is 2.42. The summed E-state index contributed by atoms with van der Waals surface area (Å²) in [6.45, 7) is 6.72. The Balaban J connectivity index is 2.70. The Labute approximate surface area is 112 Å². The second-order valence-electron chi connectivity index (χ2n) is 4.45. The summed E-state index contributed by atoms with van der Waals surface area (Å²) in [6.07, 6.45) is 0.373. The number of aliphatic hydroxyl groups is 1. The number of nitrogens with one attached hydrogen (secondary N) is 2. The number of hydrogen-bond donors (Lipinski definition) is 4. The second kappa shape index (κ2) is 7.70. The lowest BCUT2D eigenvalue weighted by Gasteiger charge is -2.15. The van der Waals surface area contributed by atoms with Crippen molar-refractivity contribution < 1.29 is 9.84 Å². The van der Waals surface area contributed by atoms with Crippen molar-refractivity contribution in [1.29, 1.82) is 0 Å². The van der Waals surface area contributed by atoms with Gasteiger partial charge >= 0.3 is 6.01 Å². The summed E-state index contributed by atoms with van der Waals surface area (Å²) < 4.78 is 5.33. The van der Waals surface area contributed by atoms with E-state index in [0.717, 1.165) is 6.42 Å². The van der Waals surface area contributed by atoms with Gasteiger partial charge < -0.3 is 15.2 Å². The summed E-state index contributed by atoms with van der Waals surface area (Å²) in [6, 6.07) is 0.200. The molecular formula is C11H22N6O2.